The maximum atomic E-state index is 14.5. The molecule has 0 saturated carbocycles. The number of aromatic nitrogens is 2. The average Bonchev–Trinajstić information content (AvgIpc) is 3.68. The second kappa shape index (κ2) is 20.1. The lowest BCUT2D eigenvalue weighted by Gasteiger charge is -2.28. The van der Waals surface area contributed by atoms with Crippen molar-refractivity contribution in [3.63, 3.8) is 0 Å². The number of halogens is 2. The Bertz CT molecular complexity index is 2040. The van der Waals surface area contributed by atoms with E-state index in [-0.39, 0.29) is 36.1 Å². The number of benzene rings is 2. The summed E-state index contributed by atoms with van der Waals surface area (Å²) < 4.78 is 36.3. The summed E-state index contributed by atoms with van der Waals surface area (Å²) in [4.78, 5) is 63.6. The molecule has 0 spiro atoms. The van der Waals surface area contributed by atoms with Crippen LogP contribution in [0.1, 0.15) is 39.1 Å². The normalized spacial score (nSPS) is 17.5. The van der Waals surface area contributed by atoms with E-state index in [9.17, 15) is 28.2 Å². The van der Waals surface area contributed by atoms with E-state index in [1.807, 2.05) is 48.0 Å². The van der Waals surface area contributed by atoms with Crippen molar-refractivity contribution in [2.75, 3.05) is 56.3 Å². The Balaban J connectivity index is 0.000000239. The monoisotopic (exact) mass is 856 g/mol. The minimum atomic E-state index is -4.35. The highest BCUT2D eigenvalue weighted by atomic mass is 35.5. The third kappa shape index (κ3) is 14.0. The molecule has 4 heterocycles. The van der Waals surface area contributed by atoms with E-state index in [0.717, 1.165) is 24.4 Å². The molecule has 1 atom stereocenters. The summed E-state index contributed by atoms with van der Waals surface area (Å²) in [5, 5.41) is 12.0. The van der Waals surface area contributed by atoms with Gasteiger partial charge in [0.1, 0.15) is 24.9 Å². The van der Waals surface area contributed by atoms with Crippen LogP contribution in [0.4, 0.5) is 15.8 Å². The second-order valence-corrected chi connectivity index (χ2v) is 19.8. The quantitative estimate of drug-likeness (QED) is 0.170. The molecular formula is C36H47ClFN6O9PS2. The van der Waals surface area contributed by atoms with Crippen LogP contribution in [0.3, 0.4) is 0 Å². The molecule has 3 aliphatic rings. The number of fused-ring (bicyclic) bond motifs is 2. The van der Waals surface area contributed by atoms with Gasteiger partial charge in [-0.05, 0) is 47.9 Å². The number of amides is 2. The van der Waals surface area contributed by atoms with Gasteiger partial charge in [-0.3, -0.25) is 29.4 Å². The molecule has 2 amide bonds. The van der Waals surface area contributed by atoms with Crippen molar-refractivity contribution in [3.05, 3.63) is 63.4 Å². The Morgan fingerprint density at radius 1 is 1.23 bits per heavy atom. The van der Waals surface area contributed by atoms with Gasteiger partial charge >= 0.3 is 5.97 Å². The van der Waals surface area contributed by atoms with Crippen LogP contribution in [0, 0.1) is 29.0 Å². The Morgan fingerprint density at radius 2 is 1.89 bits per heavy atom. The molecule has 6 rings (SSSR count). The SMILES string of the molecule is C#CCN1C(=O)COc2cc(F)c(N=c3snc4n3CC(C)(C)C4)cc21.CC1(C)CON(Cc2ccccc2Cl)C1=O.C[S+](C)C.O=C(O)CNCP(=O)([O-])O. The van der Waals surface area contributed by atoms with Crippen molar-refractivity contribution in [2.24, 2.45) is 15.8 Å². The van der Waals surface area contributed by atoms with Gasteiger partial charge < -0.3 is 28.8 Å². The first-order valence-corrected chi connectivity index (χ1v) is 22.3. The molecule has 1 unspecified atom stereocenters. The number of nitrogens with one attached hydrogen (secondary N) is 1. The first-order chi connectivity index (χ1) is 26.0. The molecule has 3 aromatic rings. The van der Waals surface area contributed by atoms with Crippen LogP contribution in [-0.2, 0) is 54.2 Å². The minimum Gasteiger partial charge on any atom is -0.778 e. The molecule has 0 aliphatic carbocycles. The van der Waals surface area contributed by atoms with Crippen molar-refractivity contribution < 1.29 is 47.8 Å². The van der Waals surface area contributed by atoms with E-state index in [1.54, 1.807) is 0 Å². The smallest absolute Gasteiger partial charge is 0.317 e. The standard InChI is InChI=1S/C18H17FN4O2S.C12H14ClNO2.C3H8NO5P.C3H9S/c1-4-5-22-13-7-12(11(19)6-14(13)25-9-16(22)24)20-17-23-10-18(2,3)8-15(23)21-26-17;1-12(2)8-16-14(11(12)15)7-9-5-3-4-6-10(9)13;5-3(6)1-4-2-10(7,8)9;1-4(2)3/h1,6-7H,5,8-10H2,2-3H3;3-6H,7-8H2,1-2H3;4H,1-2H2,(H,5,6)(H2,7,8,9);1-3H3/q;;;+1/p-1. The number of anilines is 1. The summed E-state index contributed by atoms with van der Waals surface area (Å²) in [6.07, 6.45) is 12.1. The summed E-state index contributed by atoms with van der Waals surface area (Å²) in [6, 6.07) is 10.2. The van der Waals surface area contributed by atoms with E-state index >= 15 is 0 Å². The molecule has 0 radical (unpaired) electrons. The number of rotatable bonds is 8. The van der Waals surface area contributed by atoms with Gasteiger partial charge in [0.25, 0.3) is 11.8 Å². The Hall–Kier alpha value is -3.79. The zero-order valence-electron chi connectivity index (χ0n) is 32.2. The van der Waals surface area contributed by atoms with Gasteiger partial charge in [0, 0.05) is 35.6 Å². The lowest BCUT2D eigenvalue weighted by Crippen LogP contribution is -2.39. The number of nitrogens with zero attached hydrogens (tertiary/aromatic N) is 5. The van der Waals surface area contributed by atoms with Crippen LogP contribution in [0.25, 0.3) is 0 Å². The second-order valence-electron chi connectivity index (χ2n) is 14.6. The maximum absolute atomic E-state index is 14.5. The number of hydroxylamine groups is 2. The van der Waals surface area contributed by atoms with Crippen LogP contribution in [0.2, 0.25) is 5.02 Å². The molecule has 1 fully saturated rings. The van der Waals surface area contributed by atoms with Gasteiger partial charge in [-0.1, -0.05) is 49.6 Å². The zero-order chi connectivity index (χ0) is 42.0. The van der Waals surface area contributed by atoms with Crippen molar-refractivity contribution in [1.29, 1.82) is 0 Å². The molecule has 0 bridgehead atoms. The van der Waals surface area contributed by atoms with Gasteiger partial charge in [-0.15, -0.1) is 6.42 Å². The van der Waals surface area contributed by atoms with Crippen molar-refractivity contribution in [1.82, 2.24) is 19.3 Å². The summed E-state index contributed by atoms with van der Waals surface area (Å²) in [7, 11) is -3.71. The van der Waals surface area contributed by atoms with Gasteiger partial charge in [0.05, 0.1) is 62.4 Å². The molecular weight excluding hydrogens is 810 g/mol. The number of hydrogen-bond donors (Lipinski definition) is 3. The fourth-order valence-electron chi connectivity index (χ4n) is 5.15. The minimum absolute atomic E-state index is 0.00687. The largest absolute Gasteiger partial charge is 0.778 e. The lowest BCUT2D eigenvalue weighted by atomic mass is 9.92. The van der Waals surface area contributed by atoms with Gasteiger partial charge in [0.15, 0.2) is 12.4 Å². The van der Waals surface area contributed by atoms with Crippen LogP contribution >= 0.6 is 30.7 Å². The summed E-state index contributed by atoms with van der Waals surface area (Å²) in [6.45, 7) is 9.16. The van der Waals surface area contributed by atoms with E-state index in [4.69, 9.17) is 37.6 Å². The van der Waals surface area contributed by atoms with Gasteiger partial charge in [-0.2, -0.15) is 4.37 Å². The van der Waals surface area contributed by atoms with Crippen LogP contribution in [0.15, 0.2) is 41.4 Å². The fourth-order valence-corrected chi connectivity index (χ4v) is 6.49. The van der Waals surface area contributed by atoms with Crippen molar-refractivity contribution in [2.45, 2.75) is 47.2 Å². The molecule has 56 heavy (non-hydrogen) atoms. The summed E-state index contributed by atoms with van der Waals surface area (Å²) >= 11 is 7.27. The van der Waals surface area contributed by atoms with E-state index < -0.39 is 37.6 Å². The molecule has 1 saturated heterocycles. The number of hydrogen-bond acceptors (Lipinski definition) is 11. The van der Waals surface area contributed by atoms with Crippen molar-refractivity contribution >= 4 is 70.8 Å². The predicted molar refractivity (Wildman–Crippen MR) is 213 cm³/mol. The fraction of sp³-hybridized carbons (Fsp3) is 0.472. The third-order valence-corrected chi connectivity index (χ3v) is 9.45. The molecule has 3 aliphatic heterocycles. The maximum Gasteiger partial charge on any atom is 0.317 e. The van der Waals surface area contributed by atoms with Gasteiger partial charge in [-0.25, -0.2) is 14.4 Å². The Kier molecular flexibility index (Phi) is 16.7. The Morgan fingerprint density at radius 3 is 2.46 bits per heavy atom. The molecule has 20 heteroatoms. The van der Waals surface area contributed by atoms with Crippen LogP contribution in [-0.4, -0.2) is 93.1 Å². The van der Waals surface area contributed by atoms with E-state index in [1.165, 1.54) is 33.6 Å². The van der Waals surface area contributed by atoms with Gasteiger partial charge in [0.2, 0.25) is 4.80 Å². The first kappa shape index (κ1) is 46.6. The molecule has 3 N–H and O–H groups in total. The topological polar surface area (TPSA) is 199 Å². The number of carboxylic acids is 1. The molecule has 2 aromatic carbocycles. The number of carbonyl (C=O) groups excluding carboxylic acids is 2. The summed E-state index contributed by atoms with van der Waals surface area (Å²) in [5.41, 5.74) is 1.15. The highest BCUT2D eigenvalue weighted by molar-refractivity contribution is 7.94. The lowest BCUT2D eigenvalue weighted by molar-refractivity contribution is -0.193. The third-order valence-electron chi connectivity index (χ3n) is 7.68. The van der Waals surface area contributed by atoms with E-state index in [2.05, 4.69) is 47.9 Å². The van der Waals surface area contributed by atoms with Crippen LogP contribution < -0.4 is 24.6 Å². The molecule has 306 valence electrons. The van der Waals surface area contributed by atoms with Crippen molar-refractivity contribution in [3.8, 4) is 18.1 Å². The predicted octanol–water partition coefficient (Wildman–Crippen LogP) is 3.55. The number of terminal acetylenes is 1. The molecule has 1 aromatic heterocycles. The number of ether oxygens (including phenoxy) is 1. The Labute approximate surface area is 337 Å². The number of aliphatic carboxylic acids is 1. The zero-order valence-corrected chi connectivity index (χ0v) is 35.5. The first-order valence-electron chi connectivity index (χ1n) is 17.0. The van der Waals surface area contributed by atoms with E-state index in [0.29, 0.717) is 45.3 Å². The highest BCUT2D eigenvalue weighted by Gasteiger charge is 2.40. The number of carboxylic acid groups (broad SMARTS) is 1. The number of carbonyl (C=O) groups is 3. The summed E-state index contributed by atoms with van der Waals surface area (Å²) in [5.74, 6) is 1.76. The molecule has 15 nitrogen and oxygen atoms in total. The average molecular weight is 857 g/mol. The van der Waals surface area contributed by atoms with Crippen LogP contribution in [0.5, 0.6) is 5.75 Å². The highest BCUT2D eigenvalue weighted by Crippen LogP contribution is 2.38.